The standard InChI is InChI=1S/C14H19N3O2S/c1-3-15-13(11-20(2,18)19)14-9-10-16-17(14)12-7-5-4-6-8-12/h4-10,13,15H,3,11H2,1-2H3. The summed E-state index contributed by atoms with van der Waals surface area (Å²) in [6.45, 7) is 2.65. The predicted octanol–water partition coefficient (Wildman–Crippen LogP) is 1.57. The van der Waals surface area contributed by atoms with Gasteiger partial charge in [-0.1, -0.05) is 25.1 Å². The lowest BCUT2D eigenvalue weighted by molar-refractivity contribution is 0.544. The van der Waals surface area contributed by atoms with E-state index in [0.717, 1.165) is 11.4 Å². The van der Waals surface area contributed by atoms with Gasteiger partial charge in [-0.15, -0.1) is 0 Å². The smallest absolute Gasteiger partial charge is 0.149 e. The van der Waals surface area contributed by atoms with Crippen molar-refractivity contribution >= 4 is 9.84 Å². The van der Waals surface area contributed by atoms with E-state index < -0.39 is 9.84 Å². The molecule has 5 nitrogen and oxygen atoms in total. The summed E-state index contributed by atoms with van der Waals surface area (Å²) >= 11 is 0. The van der Waals surface area contributed by atoms with Gasteiger partial charge in [0.2, 0.25) is 0 Å². The van der Waals surface area contributed by atoms with Gasteiger partial charge in [-0.25, -0.2) is 13.1 Å². The van der Waals surface area contributed by atoms with Gasteiger partial charge in [0.25, 0.3) is 0 Å². The van der Waals surface area contributed by atoms with Crippen LogP contribution in [0, 0.1) is 0 Å². The van der Waals surface area contributed by atoms with E-state index in [1.807, 2.05) is 43.3 Å². The third-order valence-corrected chi connectivity index (χ3v) is 3.89. The highest BCUT2D eigenvalue weighted by atomic mass is 32.2. The molecular weight excluding hydrogens is 274 g/mol. The molecule has 0 radical (unpaired) electrons. The summed E-state index contributed by atoms with van der Waals surface area (Å²) < 4.78 is 25.0. The summed E-state index contributed by atoms with van der Waals surface area (Å²) in [7, 11) is -3.07. The normalized spacial score (nSPS) is 13.3. The average molecular weight is 293 g/mol. The molecule has 0 aliphatic rings. The maximum Gasteiger partial charge on any atom is 0.149 e. The molecule has 0 amide bonds. The first kappa shape index (κ1) is 14.7. The van der Waals surface area contributed by atoms with Crippen molar-refractivity contribution < 1.29 is 8.42 Å². The fourth-order valence-corrected chi connectivity index (χ4v) is 3.05. The molecule has 0 aliphatic carbocycles. The Kier molecular flexibility index (Phi) is 4.57. The van der Waals surface area contributed by atoms with Crippen LogP contribution in [-0.2, 0) is 9.84 Å². The second-order valence-electron chi connectivity index (χ2n) is 4.71. The van der Waals surface area contributed by atoms with Crippen LogP contribution in [0.25, 0.3) is 5.69 Å². The van der Waals surface area contributed by atoms with Gasteiger partial charge in [-0.3, -0.25) is 0 Å². The summed E-state index contributed by atoms with van der Waals surface area (Å²) in [6.07, 6.45) is 2.94. The van der Waals surface area contributed by atoms with Gasteiger partial charge in [0.1, 0.15) is 9.84 Å². The topological polar surface area (TPSA) is 64.0 Å². The quantitative estimate of drug-likeness (QED) is 0.878. The third-order valence-electron chi connectivity index (χ3n) is 2.95. The Morgan fingerprint density at radius 1 is 1.25 bits per heavy atom. The molecule has 2 rings (SSSR count). The van der Waals surface area contributed by atoms with Gasteiger partial charge in [0, 0.05) is 12.5 Å². The number of nitrogens with one attached hydrogen (secondary N) is 1. The zero-order valence-electron chi connectivity index (χ0n) is 11.7. The molecule has 0 saturated carbocycles. The van der Waals surface area contributed by atoms with E-state index in [9.17, 15) is 8.42 Å². The Bertz CT molecular complexity index is 650. The molecule has 0 saturated heterocycles. The van der Waals surface area contributed by atoms with Crippen LogP contribution >= 0.6 is 0 Å². The molecule has 2 aromatic rings. The van der Waals surface area contributed by atoms with E-state index in [0.29, 0.717) is 6.54 Å². The minimum Gasteiger partial charge on any atom is -0.308 e. The summed E-state index contributed by atoms with van der Waals surface area (Å²) in [6, 6.07) is 11.3. The predicted molar refractivity (Wildman–Crippen MR) is 79.7 cm³/mol. The van der Waals surface area contributed by atoms with Crippen LogP contribution in [0.4, 0.5) is 0 Å². The van der Waals surface area contributed by atoms with Crippen molar-refractivity contribution in [1.82, 2.24) is 15.1 Å². The molecule has 1 N–H and O–H groups in total. The van der Waals surface area contributed by atoms with Gasteiger partial charge in [-0.05, 0) is 24.7 Å². The van der Waals surface area contributed by atoms with E-state index >= 15 is 0 Å². The number of nitrogens with zero attached hydrogens (tertiary/aromatic N) is 2. The molecule has 1 atom stereocenters. The maximum atomic E-state index is 11.6. The van der Waals surface area contributed by atoms with E-state index in [4.69, 9.17) is 0 Å². The van der Waals surface area contributed by atoms with Gasteiger partial charge < -0.3 is 5.32 Å². The highest BCUT2D eigenvalue weighted by molar-refractivity contribution is 7.90. The van der Waals surface area contributed by atoms with Crippen LogP contribution in [0.2, 0.25) is 0 Å². The van der Waals surface area contributed by atoms with Crippen molar-refractivity contribution in [3.63, 3.8) is 0 Å². The SMILES string of the molecule is CCNC(CS(C)(=O)=O)c1ccnn1-c1ccccc1. The lowest BCUT2D eigenvalue weighted by Gasteiger charge is -2.18. The number of aromatic nitrogens is 2. The second kappa shape index (κ2) is 6.19. The molecule has 108 valence electrons. The molecular formula is C14H19N3O2S. The molecule has 1 aromatic heterocycles. The van der Waals surface area contributed by atoms with Crippen LogP contribution in [-0.4, -0.2) is 36.8 Å². The first-order chi connectivity index (χ1) is 9.51. The molecule has 6 heteroatoms. The van der Waals surface area contributed by atoms with Crippen LogP contribution in [0.15, 0.2) is 42.6 Å². The van der Waals surface area contributed by atoms with Crippen molar-refractivity contribution in [3.8, 4) is 5.69 Å². The molecule has 0 bridgehead atoms. The monoisotopic (exact) mass is 293 g/mol. The van der Waals surface area contributed by atoms with Crippen LogP contribution in [0.1, 0.15) is 18.7 Å². The van der Waals surface area contributed by atoms with Crippen molar-refractivity contribution in [1.29, 1.82) is 0 Å². The highest BCUT2D eigenvalue weighted by Crippen LogP contribution is 2.18. The zero-order chi connectivity index (χ0) is 14.6. The summed E-state index contributed by atoms with van der Waals surface area (Å²) in [5.74, 6) is 0.0549. The minimum absolute atomic E-state index is 0.0549. The molecule has 0 aliphatic heterocycles. The molecule has 0 fully saturated rings. The van der Waals surface area contributed by atoms with Crippen molar-refractivity contribution in [2.24, 2.45) is 0 Å². The van der Waals surface area contributed by atoms with Crippen molar-refractivity contribution in [2.75, 3.05) is 18.6 Å². The van der Waals surface area contributed by atoms with Gasteiger partial charge in [0.05, 0.1) is 23.2 Å². The number of benzene rings is 1. The lowest BCUT2D eigenvalue weighted by atomic mass is 10.2. The fourth-order valence-electron chi connectivity index (χ4n) is 2.16. The number of hydrogen-bond acceptors (Lipinski definition) is 4. The lowest BCUT2D eigenvalue weighted by Crippen LogP contribution is -2.29. The van der Waals surface area contributed by atoms with Crippen molar-refractivity contribution in [2.45, 2.75) is 13.0 Å². The summed E-state index contributed by atoms with van der Waals surface area (Å²) in [5, 5.41) is 7.51. The first-order valence-corrected chi connectivity index (χ1v) is 8.58. The van der Waals surface area contributed by atoms with Crippen molar-refractivity contribution in [3.05, 3.63) is 48.3 Å². The Hall–Kier alpha value is -1.66. The van der Waals surface area contributed by atoms with Crippen LogP contribution in [0.5, 0.6) is 0 Å². The largest absolute Gasteiger partial charge is 0.308 e. The average Bonchev–Trinajstić information content (AvgIpc) is 2.87. The van der Waals surface area contributed by atoms with E-state index in [2.05, 4.69) is 10.4 Å². The Labute approximate surface area is 119 Å². The molecule has 1 unspecified atom stereocenters. The Morgan fingerprint density at radius 3 is 2.55 bits per heavy atom. The Balaban J connectivity index is 2.38. The maximum absolute atomic E-state index is 11.6. The van der Waals surface area contributed by atoms with Crippen LogP contribution < -0.4 is 5.32 Å². The second-order valence-corrected chi connectivity index (χ2v) is 6.89. The van der Waals surface area contributed by atoms with E-state index in [1.54, 1.807) is 10.9 Å². The molecule has 20 heavy (non-hydrogen) atoms. The summed E-state index contributed by atoms with van der Waals surface area (Å²) in [5.41, 5.74) is 1.77. The minimum atomic E-state index is -3.07. The third kappa shape index (κ3) is 3.68. The highest BCUT2D eigenvalue weighted by Gasteiger charge is 2.20. The first-order valence-electron chi connectivity index (χ1n) is 6.51. The number of para-hydroxylation sites is 1. The van der Waals surface area contributed by atoms with E-state index in [-0.39, 0.29) is 11.8 Å². The van der Waals surface area contributed by atoms with Gasteiger partial charge >= 0.3 is 0 Å². The number of hydrogen-bond donors (Lipinski definition) is 1. The number of rotatable bonds is 6. The summed E-state index contributed by atoms with van der Waals surface area (Å²) in [4.78, 5) is 0. The van der Waals surface area contributed by atoms with Crippen LogP contribution in [0.3, 0.4) is 0 Å². The molecule has 1 aromatic carbocycles. The fraction of sp³-hybridized carbons (Fsp3) is 0.357. The number of sulfone groups is 1. The zero-order valence-corrected chi connectivity index (χ0v) is 12.5. The Morgan fingerprint density at radius 2 is 1.95 bits per heavy atom. The molecule has 0 spiro atoms. The van der Waals surface area contributed by atoms with Gasteiger partial charge in [-0.2, -0.15) is 5.10 Å². The van der Waals surface area contributed by atoms with Gasteiger partial charge in [0.15, 0.2) is 0 Å². The molecule has 1 heterocycles. The van der Waals surface area contributed by atoms with E-state index in [1.165, 1.54) is 6.26 Å².